The maximum absolute atomic E-state index is 12.3. The van der Waals surface area contributed by atoms with Gasteiger partial charge in [-0.3, -0.25) is 9.59 Å². The minimum absolute atomic E-state index is 0.0566. The van der Waals surface area contributed by atoms with Crippen molar-refractivity contribution in [2.24, 2.45) is 5.41 Å². The van der Waals surface area contributed by atoms with Crippen LogP contribution in [-0.4, -0.2) is 18.4 Å². The molecule has 1 aliphatic carbocycles. The van der Waals surface area contributed by atoms with Crippen LogP contribution >= 0.6 is 0 Å². The molecule has 2 rings (SSSR count). The van der Waals surface area contributed by atoms with E-state index in [4.69, 9.17) is 4.74 Å². The maximum Gasteiger partial charge on any atom is 0.306 e. The largest absolute Gasteiger partial charge is 0.466 e. The summed E-state index contributed by atoms with van der Waals surface area (Å²) in [4.78, 5) is 23.8. The molecule has 0 N–H and O–H groups in total. The highest BCUT2D eigenvalue weighted by atomic mass is 16.5. The van der Waals surface area contributed by atoms with Gasteiger partial charge in [0.15, 0.2) is 5.78 Å². The number of ether oxygens (including phenoxy) is 1. The molecule has 0 saturated heterocycles. The maximum atomic E-state index is 12.3. The summed E-state index contributed by atoms with van der Waals surface area (Å²) < 4.78 is 4.93. The van der Waals surface area contributed by atoms with Gasteiger partial charge in [-0.2, -0.15) is 0 Å². The Kier molecular flexibility index (Phi) is 3.01. The van der Waals surface area contributed by atoms with Crippen LogP contribution in [0.5, 0.6) is 0 Å². The Morgan fingerprint density at radius 3 is 2.76 bits per heavy atom. The van der Waals surface area contributed by atoms with Crippen molar-refractivity contribution in [1.82, 2.24) is 0 Å². The zero-order valence-electron chi connectivity index (χ0n) is 10.2. The van der Waals surface area contributed by atoms with Gasteiger partial charge < -0.3 is 4.74 Å². The minimum atomic E-state index is -0.629. The Morgan fingerprint density at radius 2 is 2.12 bits per heavy atom. The molecule has 1 atom stereocenters. The fourth-order valence-corrected chi connectivity index (χ4v) is 2.40. The van der Waals surface area contributed by atoms with E-state index in [9.17, 15) is 9.59 Å². The minimum Gasteiger partial charge on any atom is -0.466 e. The number of fused-ring (bicyclic) bond motifs is 1. The van der Waals surface area contributed by atoms with Gasteiger partial charge in [0, 0.05) is 11.0 Å². The number of esters is 1. The number of carbonyl (C=O) groups excluding carboxylic acids is 2. The normalized spacial score (nSPS) is 22.4. The van der Waals surface area contributed by atoms with Crippen molar-refractivity contribution in [3.63, 3.8) is 0 Å². The molecule has 90 valence electrons. The molecule has 0 aliphatic heterocycles. The van der Waals surface area contributed by atoms with Crippen LogP contribution in [0.1, 0.15) is 36.2 Å². The first kappa shape index (κ1) is 11.8. The Bertz CT molecular complexity index is 464. The first-order chi connectivity index (χ1) is 8.07. The summed E-state index contributed by atoms with van der Waals surface area (Å²) in [7, 11) is 0. The van der Waals surface area contributed by atoms with E-state index in [0.717, 1.165) is 11.1 Å². The van der Waals surface area contributed by atoms with Gasteiger partial charge in [-0.1, -0.05) is 31.2 Å². The Balaban J connectivity index is 2.20. The van der Waals surface area contributed by atoms with E-state index < -0.39 is 5.41 Å². The predicted octanol–water partition coefficient (Wildman–Crippen LogP) is 2.38. The first-order valence-corrected chi connectivity index (χ1v) is 5.85. The van der Waals surface area contributed by atoms with E-state index in [1.165, 1.54) is 0 Å². The molecule has 0 radical (unpaired) electrons. The molecule has 0 heterocycles. The van der Waals surface area contributed by atoms with E-state index in [0.29, 0.717) is 13.0 Å². The van der Waals surface area contributed by atoms with E-state index in [2.05, 4.69) is 0 Å². The third-order valence-electron chi connectivity index (χ3n) is 3.23. The van der Waals surface area contributed by atoms with Crippen LogP contribution in [0.4, 0.5) is 0 Å². The summed E-state index contributed by atoms with van der Waals surface area (Å²) in [5, 5.41) is 0. The van der Waals surface area contributed by atoms with E-state index >= 15 is 0 Å². The second-order valence-electron chi connectivity index (χ2n) is 4.71. The molecule has 1 aromatic carbocycles. The lowest BCUT2D eigenvalue weighted by molar-refractivity contribution is -0.145. The summed E-state index contributed by atoms with van der Waals surface area (Å²) >= 11 is 0. The Hall–Kier alpha value is -1.64. The lowest BCUT2D eigenvalue weighted by Crippen LogP contribution is -2.28. The highest BCUT2D eigenvalue weighted by Crippen LogP contribution is 2.39. The zero-order chi connectivity index (χ0) is 12.5. The van der Waals surface area contributed by atoms with Gasteiger partial charge in [-0.15, -0.1) is 0 Å². The van der Waals surface area contributed by atoms with E-state index in [1.807, 2.05) is 31.2 Å². The molecule has 1 aromatic rings. The summed E-state index contributed by atoms with van der Waals surface area (Å²) in [6.45, 7) is 3.97. The highest BCUT2D eigenvalue weighted by molar-refractivity contribution is 6.06. The van der Waals surface area contributed by atoms with Crippen molar-refractivity contribution in [3.05, 3.63) is 35.4 Å². The lowest BCUT2D eigenvalue weighted by Gasteiger charge is -2.20. The van der Waals surface area contributed by atoms with Crippen molar-refractivity contribution in [3.8, 4) is 0 Å². The third-order valence-corrected chi connectivity index (χ3v) is 3.23. The van der Waals surface area contributed by atoms with Crippen LogP contribution in [0.25, 0.3) is 0 Å². The van der Waals surface area contributed by atoms with Crippen molar-refractivity contribution < 1.29 is 14.3 Å². The summed E-state index contributed by atoms with van der Waals surface area (Å²) in [6.07, 6.45) is 0.787. The molecule has 1 aliphatic rings. The summed E-state index contributed by atoms with van der Waals surface area (Å²) in [6, 6.07) is 7.55. The molecule has 0 amide bonds. The number of ketones is 1. The molecule has 17 heavy (non-hydrogen) atoms. The van der Waals surface area contributed by atoms with Crippen LogP contribution in [-0.2, 0) is 16.0 Å². The van der Waals surface area contributed by atoms with Gasteiger partial charge in [0.25, 0.3) is 0 Å². The Morgan fingerprint density at radius 1 is 1.41 bits per heavy atom. The van der Waals surface area contributed by atoms with Gasteiger partial charge >= 0.3 is 5.97 Å². The first-order valence-electron chi connectivity index (χ1n) is 5.85. The van der Waals surface area contributed by atoms with Crippen LogP contribution in [0.2, 0.25) is 0 Å². The molecule has 0 saturated carbocycles. The van der Waals surface area contributed by atoms with Gasteiger partial charge in [0.05, 0.1) is 13.0 Å². The fourth-order valence-electron chi connectivity index (χ4n) is 2.40. The van der Waals surface area contributed by atoms with Gasteiger partial charge in [-0.25, -0.2) is 0 Å². The van der Waals surface area contributed by atoms with Crippen molar-refractivity contribution in [2.45, 2.75) is 26.7 Å². The van der Waals surface area contributed by atoms with Crippen molar-refractivity contribution in [2.75, 3.05) is 6.61 Å². The van der Waals surface area contributed by atoms with Crippen LogP contribution in [0.15, 0.2) is 24.3 Å². The van der Waals surface area contributed by atoms with Crippen molar-refractivity contribution in [1.29, 1.82) is 0 Å². The average Bonchev–Trinajstić information content (AvgIpc) is 2.52. The molecule has 0 bridgehead atoms. The molecule has 0 spiro atoms. The number of carbonyl (C=O) groups is 2. The molecule has 3 heteroatoms. The number of hydrogen-bond acceptors (Lipinski definition) is 3. The highest BCUT2D eigenvalue weighted by Gasteiger charge is 2.43. The number of hydrogen-bond donors (Lipinski definition) is 0. The van der Waals surface area contributed by atoms with Gasteiger partial charge in [0.2, 0.25) is 0 Å². The molecule has 0 fully saturated rings. The predicted molar refractivity (Wildman–Crippen MR) is 63.8 cm³/mol. The van der Waals surface area contributed by atoms with E-state index in [-0.39, 0.29) is 18.2 Å². The van der Waals surface area contributed by atoms with E-state index in [1.54, 1.807) is 6.92 Å². The Labute approximate surface area is 101 Å². The topological polar surface area (TPSA) is 43.4 Å². The summed E-state index contributed by atoms with van der Waals surface area (Å²) in [5.74, 6) is -0.239. The molecule has 3 nitrogen and oxygen atoms in total. The van der Waals surface area contributed by atoms with Crippen LogP contribution in [0, 0.1) is 5.41 Å². The molecular weight excluding hydrogens is 216 g/mol. The van der Waals surface area contributed by atoms with Crippen LogP contribution in [0.3, 0.4) is 0 Å². The number of Topliss-reactive ketones (excluding diaryl/α,β-unsaturated/α-hetero) is 1. The zero-order valence-corrected chi connectivity index (χ0v) is 10.2. The monoisotopic (exact) mass is 232 g/mol. The fraction of sp³-hybridized carbons (Fsp3) is 0.429. The SMILES string of the molecule is CCOC(=O)CC1(C)Cc2ccccc2C1=O. The van der Waals surface area contributed by atoms with Crippen LogP contribution < -0.4 is 0 Å². The standard InChI is InChI=1S/C14H16O3/c1-3-17-12(15)9-14(2)8-10-6-4-5-7-11(10)13(14)16/h4-7H,3,8-9H2,1-2H3. The number of benzene rings is 1. The van der Waals surface area contributed by atoms with Crippen molar-refractivity contribution >= 4 is 11.8 Å². The average molecular weight is 232 g/mol. The molecule has 0 aromatic heterocycles. The smallest absolute Gasteiger partial charge is 0.306 e. The quantitative estimate of drug-likeness (QED) is 0.751. The van der Waals surface area contributed by atoms with Gasteiger partial charge in [0.1, 0.15) is 0 Å². The second-order valence-corrected chi connectivity index (χ2v) is 4.71. The molecular formula is C14H16O3. The molecule has 1 unspecified atom stereocenters. The third kappa shape index (κ3) is 2.09. The summed E-state index contributed by atoms with van der Waals surface area (Å²) in [5.41, 5.74) is 1.15. The number of rotatable bonds is 3. The lowest BCUT2D eigenvalue weighted by atomic mass is 9.83. The van der Waals surface area contributed by atoms with Gasteiger partial charge in [-0.05, 0) is 18.9 Å². The second kappa shape index (κ2) is 4.32.